The van der Waals surface area contributed by atoms with Gasteiger partial charge in [0.05, 0.1) is 7.11 Å². The third-order valence-corrected chi connectivity index (χ3v) is 3.38. The van der Waals surface area contributed by atoms with Crippen molar-refractivity contribution in [1.29, 1.82) is 0 Å². The van der Waals surface area contributed by atoms with E-state index in [1.54, 1.807) is 13.2 Å². The summed E-state index contributed by atoms with van der Waals surface area (Å²) < 4.78 is 5.13. The van der Waals surface area contributed by atoms with Crippen molar-refractivity contribution in [3.05, 3.63) is 71.4 Å². The molecule has 1 heterocycles. The lowest BCUT2D eigenvalue weighted by atomic mass is 10.1. The van der Waals surface area contributed by atoms with Gasteiger partial charge in [0.15, 0.2) is 0 Å². The summed E-state index contributed by atoms with van der Waals surface area (Å²) >= 11 is 0. The van der Waals surface area contributed by atoms with E-state index in [0.717, 1.165) is 16.9 Å². The number of methoxy groups -OCH3 is 1. The van der Waals surface area contributed by atoms with E-state index in [-0.39, 0.29) is 5.91 Å². The summed E-state index contributed by atoms with van der Waals surface area (Å²) in [6.07, 6.45) is 2.37. The van der Waals surface area contributed by atoms with E-state index in [1.807, 2.05) is 54.6 Å². The number of amides is 1. The first kappa shape index (κ1) is 14.1. The summed E-state index contributed by atoms with van der Waals surface area (Å²) in [5.41, 5.74) is 2.47. The fraction of sp³-hybridized carbons (Fsp3) is 0.111. The Labute approximate surface area is 129 Å². The summed E-state index contributed by atoms with van der Waals surface area (Å²) in [6, 6.07) is 17.4. The van der Waals surface area contributed by atoms with Crippen LogP contribution in [0.5, 0.6) is 5.75 Å². The van der Waals surface area contributed by atoms with Gasteiger partial charge in [-0.2, -0.15) is 0 Å². The van der Waals surface area contributed by atoms with Gasteiger partial charge in [-0.15, -0.1) is 0 Å². The standard InChI is InChI=1S/C18H16N2O2/c1-22-15-9-7-14(8-10-15)12-17-19-16(18(21)20-17)11-13-5-3-2-4-6-13/h2-11H,12H2,1H3,(H,19,20,21)/b16-11+. The SMILES string of the molecule is COc1ccc(CC2=N/C(=C/c3ccccc3)C(=O)N2)cc1. The Morgan fingerprint density at radius 1 is 1.09 bits per heavy atom. The Kier molecular flexibility index (Phi) is 4.01. The summed E-state index contributed by atoms with van der Waals surface area (Å²) in [7, 11) is 1.64. The topological polar surface area (TPSA) is 50.7 Å². The maximum absolute atomic E-state index is 12.0. The van der Waals surface area contributed by atoms with Crippen LogP contribution in [0, 0.1) is 0 Å². The molecule has 0 bridgehead atoms. The monoisotopic (exact) mass is 292 g/mol. The second-order valence-electron chi connectivity index (χ2n) is 4.98. The fourth-order valence-electron chi connectivity index (χ4n) is 2.24. The normalized spacial score (nSPS) is 15.6. The first-order valence-corrected chi connectivity index (χ1v) is 7.03. The summed E-state index contributed by atoms with van der Waals surface area (Å²) in [5.74, 6) is 1.32. The van der Waals surface area contributed by atoms with Crippen molar-refractivity contribution in [3.63, 3.8) is 0 Å². The van der Waals surface area contributed by atoms with Crippen molar-refractivity contribution in [3.8, 4) is 5.75 Å². The van der Waals surface area contributed by atoms with Gasteiger partial charge >= 0.3 is 0 Å². The molecule has 0 radical (unpaired) electrons. The first-order valence-electron chi connectivity index (χ1n) is 7.03. The minimum atomic E-state index is -0.160. The molecule has 1 amide bonds. The number of nitrogens with zero attached hydrogens (tertiary/aromatic N) is 1. The van der Waals surface area contributed by atoms with Gasteiger partial charge in [0.1, 0.15) is 17.3 Å². The Hall–Kier alpha value is -2.88. The second-order valence-corrected chi connectivity index (χ2v) is 4.98. The lowest BCUT2D eigenvalue weighted by Crippen LogP contribution is -2.25. The van der Waals surface area contributed by atoms with Crippen molar-refractivity contribution in [2.45, 2.75) is 6.42 Å². The molecule has 2 aromatic carbocycles. The fourth-order valence-corrected chi connectivity index (χ4v) is 2.24. The number of amidine groups is 1. The highest BCUT2D eigenvalue weighted by Crippen LogP contribution is 2.15. The molecule has 22 heavy (non-hydrogen) atoms. The van der Waals surface area contributed by atoms with Crippen molar-refractivity contribution in [2.24, 2.45) is 4.99 Å². The molecule has 0 atom stereocenters. The second kappa shape index (κ2) is 6.26. The number of aliphatic imine (C=N–C) groups is 1. The number of hydrogen-bond acceptors (Lipinski definition) is 3. The number of nitrogens with one attached hydrogen (secondary N) is 1. The van der Waals surface area contributed by atoms with E-state index >= 15 is 0 Å². The van der Waals surface area contributed by atoms with Gasteiger partial charge in [0, 0.05) is 6.42 Å². The van der Waals surface area contributed by atoms with Crippen LogP contribution < -0.4 is 10.1 Å². The third-order valence-electron chi connectivity index (χ3n) is 3.38. The molecule has 110 valence electrons. The lowest BCUT2D eigenvalue weighted by molar-refractivity contribution is -0.115. The maximum Gasteiger partial charge on any atom is 0.275 e. The summed E-state index contributed by atoms with van der Waals surface area (Å²) in [6.45, 7) is 0. The Morgan fingerprint density at radius 3 is 2.50 bits per heavy atom. The number of rotatable bonds is 4. The van der Waals surface area contributed by atoms with Crippen molar-refractivity contribution in [2.75, 3.05) is 7.11 Å². The van der Waals surface area contributed by atoms with Crippen LogP contribution in [0.3, 0.4) is 0 Å². The molecule has 4 heteroatoms. The van der Waals surface area contributed by atoms with E-state index in [9.17, 15) is 4.79 Å². The molecule has 0 unspecified atom stereocenters. The zero-order valence-electron chi connectivity index (χ0n) is 12.2. The molecule has 0 fully saturated rings. The Bertz CT molecular complexity index is 731. The molecule has 2 aromatic rings. The first-order chi connectivity index (χ1) is 10.7. The molecule has 1 aliphatic heterocycles. The average Bonchev–Trinajstić information content (AvgIpc) is 2.88. The van der Waals surface area contributed by atoms with Crippen LogP contribution in [0.4, 0.5) is 0 Å². The molecule has 1 aliphatic rings. The van der Waals surface area contributed by atoms with Crippen LogP contribution in [-0.4, -0.2) is 18.9 Å². The van der Waals surface area contributed by atoms with E-state index in [2.05, 4.69) is 10.3 Å². The van der Waals surface area contributed by atoms with Crippen LogP contribution in [-0.2, 0) is 11.2 Å². The molecule has 1 N–H and O–H groups in total. The highest BCUT2D eigenvalue weighted by Gasteiger charge is 2.19. The molecule has 0 aromatic heterocycles. The molecule has 4 nitrogen and oxygen atoms in total. The quantitative estimate of drug-likeness (QED) is 0.881. The number of carbonyl (C=O) groups excluding carboxylic acids is 1. The van der Waals surface area contributed by atoms with Gasteiger partial charge < -0.3 is 10.1 Å². The van der Waals surface area contributed by atoms with E-state index in [1.165, 1.54) is 0 Å². The molecule has 0 saturated heterocycles. The number of ether oxygens (including phenoxy) is 1. The third kappa shape index (κ3) is 3.23. The Morgan fingerprint density at radius 2 is 1.82 bits per heavy atom. The van der Waals surface area contributed by atoms with E-state index in [4.69, 9.17) is 4.74 Å². The van der Waals surface area contributed by atoms with E-state index < -0.39 is 0 Å². The van der Waals surface area contributed by atoms with Crippen LogP contribution >= 0.6 is 0 Å². The van der Waals surface area contributed by atoms with Gasteiger partial charge in [-0.05, 0) is 29.3 Å². The largest absolute Gasteiger partial charge is 0.497 e. The molecule has 0 saturated carbocycles. The van der Waals surface area contributed by atoms with Gasteiger partial charge in [-0.3, -0.25) is 4.79 Å². The predicted molar refractivity (Wildman–Crippen MR) is 86.7 cm³/mol. The van der Waals surface area contributed by atoms with Crippen molar-refractivity contribution >= 4 is 17.8 Å². The van der Waals surface area contributed by atoms with Crippen molar-refractivity contribution in [1.82, 2.24) is 5.32 Å². The highest BCUT2D eigenvalue weighted by molar-refractivity contribution is 6.14. The highest BCUT2D eigenvalue weighted by atomic mass is 16.5. The zero-order chi connectivity index (χ0) is 15.4. The minimum absolute atomic E-state index is 0.160. The number of carbonyl (C=O) groups is 1. The maximum atomic E-state index is 12.0. The van der Waals surface area contributed by atoms with Crippen LogP contribution in [0.2, 0.25) is 0 Å². The summed E-state index contributed by atoms with van der Waals surface area (Å²) in [4.78, 5) is 16.4. The van der Waals surface area contributed by atoms with Gasteiger partial charge in [0.2, 0.25) is 0 Å². The predicted octanol–water partition coefficient (Wildman–Crippen LogP) is 2.81. The van der Waals surface area contributed by atoms with Gasteiger partial charge in [-0.25, -0.2) is 4.99 Å². The van der Waals surface area contributed by atoms with Gasteiger partial charge in [0.25, 0.3) is 5.91 Å². The smallest absolute Gasteiger partial charge is 0.275 e. The van der Waals surface area contributed by atoms with Gasteiger partial charge in [-0.1, -0.05) is 42.5 Å². The van der Waals surface area contributed by atoms with Crippen LogP contribution in [0.15, 0.2) is 65.3 Å². The molecule has 3 rings (SSSR count). The van der Waals surface area contributed by atoms with Crippen LogP contribution in [0.1, 0.15) is 11.1 Å². The molecule has 0 spiro atoms. The number of benzene rings is 2. The molecule has 0 aliphatic carbocycles. The summed E-state index contributed by atoms with van der Waals surface area (Å²) in [5, 5.41) is 2.81. The Balaban J connectivity index is 1.76. The average molecular weight is 292 g/mol. The molecular formula is C18H16N2O2. The van der Waals surface area contributed by atoms with Crippen molar-refractivity contribution < 1.29 is 9.53 Å². The lowest BCUT2D eigenvalue weighted by Gasteiger charge is -2.03. The minimum Gasteiger partial charge on any atom is -0.497 e. The molecular weight excluding hydrogens is 276 g/mol. The zero-order valence-corrected chi connectivity index (χ0v) is 12.2. The van der Waals surface area contributed by atoms with E-state index in [0.29, 0.717) is 18.0 Å². The number of hydrogen-bond donors (Lipinski definition) is 1. The van der Waals surface area contributed by atoms with Crippen LogP contribution in [0.25, 0.3) is 6.08 Å².